The maximum atomic E-state index is 12.5. The van der Waals surface area contributed by atoms with E-state index in [1.165, 1.54) is 0 Å². The van der Waals surface area contributed by atoms with Crippen LogP contribution in [0.1, 0.15) is 28.4 Å². The Labute approximate surface area is 146 Å². The molecule has 2 N–H and O–H groups in total. The van der Waals surface area contributed by atoms with E-state index >= 15 is 0 Å². The van der Waals surface area contributed by atoms with Crippen LogP contribution in [0.4, 0.5) is 0 Å². The normalized spacial score (nSPS) is 12.0. The minimum atomic E-state index is -1.01. The third-order valence-electron chi connectivity index (χ3n) is 3.45. The number of halogens is 1. The van der Waals surface area contributed by atoms with Crippen LogP contribution in [0.2, 0.25) is 5.02 Å². The number of rotatable bonds is 5. The molecule has 0 aliphatic carbocycles. The number of fused-ring (bicyclic) bond motifs is 1. The largest absolute Gasteiger partial charge is 0.481 e. The van der Waals surface area contributed by atoms with Gasteiger partial charge in [0.2, 0.25) is 0 Å². The number of aromatic nitrogens is 2. The number of aliphatic carboxylic acids is 1. The number of hydrogen-bond acceptors (Lipinski definition) is 5. The first-order valence-electron chi connectivity index (χ1n) is 7.03. The molecule has 1 unspecified atom stereocenters. The number of hydrogen-bond donors (Lipinski definition) is 2. The second-order valence-corrected chi connectivity index (χ2v) is 6.11. The molecule has 8 heteroatoms. The van der Waals surface area contributed by atoms with Crippen molar-refractivity contribution < 1.29 is 14.7 Å². The molecule has 0 bridgehead atoms. The Bertz CT molecular complexity index is 912. The zero-order valence-corrected chi connectivity index (χ0v) is 13.8. The second kappa shape index (κ2) is 6.94. The van der Waals surface area contributed by atoms with Crippen LogP contribution in [-0.4, -0.2) is 25.7 Å². The van der Waals surface area contributed by atoms with Gasteiger partial charge in [-0.2, -0.15) is 8.75 Å². The Morgan fingerprint density at radius 2 is 1.96 bits per heavy atom. The van der Waals surface area contributed by atoms with E-state index in [1.807, 2.05) is 0 Å². The SMILES string of the molecule is O=C(O)CC(NC(=O)c1ccc2nsnc2c1)c1cccc(Cl)c1. The lowest BCUT2D eigenvalue weighted by Crippen LogP contribution is -2.30. The Morgan fingerprint density at radius 1 is 1.17 bits per heavy atom. The summed E-state index contributed by atoms with van der Waals surface area (Å²) in [5.41, 5.74) is 2.38. The number of carboxylic acids is 1. The van der Waals surface area contributed by atoms with E-state index in [-0.39, 0.29) is 12.3 Å². The van der Waals surface area contributed by atoms with Gasteiger partial charge in [-0.05, 0) is 35.9 Å². The van der Waals surface area contributed by atoms with Crippen molar-refractivity contribution in [3.05, 3.63) is 58.6 Å². The third-order valence-corrected chi connectivity index (χ3v) is 4.24. The highest BCUT2D eigenvalue weighted by molar-refractivity contribution is 7.00. The molecule has 1 atom stereocenters. The summed E-state index contributed by atoms with van der Waals surface area (Å²) in [6, 6.07) is 11.1. The van der Waals surface area contributed by atoms with Crippen molar-refractivity contribution in [3.8, 4) is 0 Å². The van der Waals surface area contributed by atoms with E-state index in [0.717, 1.165) is 11.7 Å². The maximum absolute atomic E-state index is 12.5. The molecule has 3 aromatic rings. The smallest absolute Gasteiger partial charge is 0.305 e. The molecule has 0 aliphatic rings. The third kappa shape index (κ3) is 3.69. The van der Waals surface area contributed by atoms with Gasteiger partial charge in [0.15, 0.2) is 0 Å². The minimum Gasteiger partial charge on any atom is -0.481 e. The van der Waals surface area contributed by atoms with Crippen LogP contribution in [0, 0.1) is 0 Å². The molecule has 0 fully saturated rings. The average Bonchev–Trinajstić information content (AvgIpc) is 3.01. The van der Waals surface area contributed by atoms with E-state index in [1.54, 1.807) is 42.5 Å². The van der Waals surface area contributed by atoms with E-state index in [2.05, 4.69) is 14.1 Å². The Hall–Kier alpha value is -2.51. The lowest BCUT2D eigenvalue weighted by Gasteiger charge is -2.17. The zero-order chi connectivity index (χ0) is 17.1. The predicted molar refractivity (Wildman–Crippen MR) is 91.3 cm³/mol. The van der Waals surface area contributed by atoms with Gasteiger partial charge in [0.1, 0.15) is 11.0 Å². The van der Waals surface area contributed by atoms with Crippen molar-refractivity contribution in [3.63, 3.8) is 0 Å². The first-order valence-corrected chi connectivity index (χ1v) is 8.14. The number of nitrogens with zero attached hydrogens (tertiary/aromatic N) is 2. The van der Waals surface area contributed by atoms with Crippen LogP contribution in [-0.2, 0) is 4.79 Å². The summed E-state index contributed by atoms with van der Waals surface area (Å²) in [5.74, 6) is -1.39. The lowest BCUT2D eigenvalue weighted by molar-refractivity contribution is -0.137. The van der Waals surface area contributed by atoms with E-state index in [4.69, 9.17) is 16.7 Å². The summed E-state index contributed by atoms with van der Waals surface area (Å²) in [5, 5.41) is 12.3. The number of carbonyl (C=O) groups is 2. The molecule has 1 aromatic heterocycles. The van der Waals surface area contributed by atoms with Gasteiger partial charge < -0.3 is 10.4 Å². The molecule has 0 saturated heterocycles. The topological polar surface area (TPSA) is 92.2 Å². The molecule has 0 radical (unpaired) electrons. The molecule has 24 heavy (non-hydrogen) atoms. The molecule has 6 nitrogen and oxygen atoms in total. The molecule has 3 rings (SSSR count). The molecule has 2 aromatic carbocycles. The fourth-order valence-corrected chi connectivity index (χ4v) is 3.03. The molecule has 0 spiro atoms. The minimum absolute atomic E-state index is 0.243. The van der Waals surface area contributed by atoms with Gasteiger partial charge >= 0.3 is 5.97 Å². The van der Waals surface area contributed by atoms with Crippen molar-refractivity contribution in [1.29, 1.82) is 0 Å². The number of amides is 1. The van der Waals surface area contributed by atoms with Crippen molar-refractivity contribution in [2.24, 2.45) is 0 Å². The van der Waals surface area contributed by atoms with Gasteiger partial charge in [-0.1, -0.05) is 23.7 Å². The number of carboxylic acid groups (broad SMARTS) is 1. The standard InChI is InChI=1S/C16H12ClN3O3S/c17-11-3-1-2-9(6-11)13(8-15(21)22)18-16(23)10-4-5-12-14(7-10)20-24-19-12/h1-7,13H,8H2,(H,18,23)(H,21,22). The van der Waals surface area contributed by atoms with Gasteiger partial charge in [-0.25, -0.2) is 0 Å². The summed E-state index contributed by atoms with van der Waals surface area (Å²) >= 11 is 7.03. The average molecular weight is 362 g/mol. The second-order valence-electron chi connectivity index (χ2n) is 5.15. The van der Waals surface area contributed by atoms with E-state index < -0.39 is 12.0 Å². The zero-order valence-electron chi connectivity index (χ0n) is 12.3. The van der Waals surface area contributed by atoms with Crippen molar-refractivity contribution in [1.82, 2.24) is 14.1 Å². The molecule has 1 amide bonds. The molecular formula is C16H12ClN3O3S. The molecular weight excluding hydrogens is 350 g/mol. The van der Waals surface area contributed by atoms with Crippen LogP contribution in [0.25, 0.3) is 11.0 Å². The summed E-state index contributed by atoms with van der Waals surface area (Å²) in [4.78, 5) is 23.6. The van der Waals surface area contributed by atoms with Crippen LogP contribution in [0.15, 0.2) is 42.5 Å². The van der Waals surface area contributed by atoms with Crippen LogP contribution < -0.4 is 5.32 Å². The lowest BCUT2D eigenvalue weighted by atomic mass is 10.0. The first kappa shape index (κ1) is 16.4. The van der Waals surface area contributed by atoms with Crippen molar-refractivity contribution >= 4 is 46.2 Å². The van der Waals surface area contributed by atoms with Gasteiger partial charge in [0, 0.05) is 10.6 Å². The van der Waals surface area contributed by atoms with E-state index in [0.29, 0.717) is 27.2 Å². The van der Waals surface area contributed by atoms with Gasteiger partial charge in [-0.15, -0.1) is 0 Å². The Morgan fingerprint density at radius 3 is 2.71 bits per heavy atom. The summed E-state index contributed by atoms with van der Waals surface area (Å²) in [7, 11) is 0. The quantitative estimate of drug-likeness (QED) is 0.727. The highest BCUT2D eigenvalue weighted by Gasteiger charge is 2.19. The van der Waals surface area contributed by atoms with Gasteiger partial charge in [0.25, 0.3) is 5.91 Å². The molecule has 122 valence electrons. The number of benzene rings is 2. The predicted octanol–water partition coefficient (Wildman–Crippen LogP) is 3.29. The number of carbonyl (C=O) groups excluding carboxylic acids is 1. The fraction of sp³-hybridized carbons (Fsp3) is 0.125. The van der Waals surface area contributed by atoms with E-state index in [9.17, 15) is 9.59 Å². The summed E-state index contributed by atoms with van der Waals surface area (Å²) < 4.78 is 8.18. The van der Waals surface area contributed by atoms with Gasteiger partial charge in [-0.3, -0.25) is 9.59 Å². The highest BCUT2D eigenvalue weighted by atomic mass is 35.5. The van der Waals surface area contributed by atoms with Crippen molar-refractivity contribution in [2.75, 3.05) is 0 Å². The summed E-state index contributed by atoms with van der Waals surface area (Å²) in [6.07, 6.45) is -0.243. The van der Waals surface area contributed by atoms with Gasteiger partial charge in [0.05, 0.1) is 24.2 Å². The van der Waals surface area contributed by atoms with Crippen LogP contribution in [0.3, 0.4) is 0 Å². The number of nitrogens with one attached hydrogen (secondary N) is 1. The van der Waals surface area contributed by atoms with Crippen LogP contribution >= 0.6 is 23.3 Å². The van der Waals surface area contributed by atoms with Crippen molar-refractivity contribution in [2.45, 2.75) is 12.5 Å². The molecule has 1 heterocycles. The maximum Gasteiger partial charge on any atom is 0.305 e. The van der Waals surface area contributed by atoms with Crippen LogP contribution in [0.5, 0.6) is 0 Å². The monoisotopic (exact) mass is 361 g/mol. The first-order chi connectivity index (χ1) is 11.5. The fourth-order valence-electron chi connectivity index (χ4n) is 2.32. The Balaban J connectivity index is 1.85. The Kier molecular flexibility index (Phi) is 4.73. The summed E-state index contributed by atoms with van der Waals surface area (Å²) in [6.45, 7) is 0. The highest BCUT2D eigenvalue weighted by Crippen LogP contribution is 2.22. The molecule has 0 aliphatic heterocycles. The molecule has 0 saturated carbocycles.